The van der Waals surface area contributed by atoms with Gasteiger partial charge < -0.3 is 10.1 Å². The van der Waals surface area contributed by atoms with Crippen LogP contribution < -0.4 is 15.4 Å². The molecule has 2 N–H and O–H groups in total. The normalized spacial score (nSPS) is 10.4. The van der Waals surface area contributed by atoms with Crippen molar-refractivity contribution in [2.45, 2.75) is 4.34 Å². The van der Waals surface area contributed by atoms with Gasteiger partial charge in [0.1, 0.15) is 17.4 Å². The Morgan fingerprint density at radius 2 is 1.97 bits per heavy atom. The fourth-order valence-electron chi connectivity index (χ4n) is 2.18. The van der Waals surface area contributed by atoms with Crippen molar-refractivity contribution in [3.63, 3.8) is 0 Å². The summed E-state index contributed by atoms with van der Waals surface area (Å²) in [5.74, 6) is -2.08. The van der Waals surface area contributed by atoms with Gasteiger partial charge in [-0.15, -0.1) is 10.2 Å². The number of methoxy groups -OCH3 is 1. The topological polar surface area (TPSA) is 93.2 Å². The number of anilines is 2. The number of rotatable bonds is 7. The Labute approximate surface area is 172 Å². The van der Waals surface area contributed by atoms with Crippen LogP contribution in [0.15, 0.2) is 46.8 Å². The highest BCUT2D eigenvalue weighted by Crippen LogP contribution is 2.26. The summed E-state index contributed by atoms with van der Waals surface area (Å²) in [6, 6.07) is 9.59. The van der Waals surface area contributed by atoms with E-state index in [1.807, 2.05) is 0 Å². The zero-order valence-corrected chi connectivity index (χ0v) is 16.6. The smallest absolute Gasteiger partial charge is 0.260 e. The fourth-order valence-corrected chi connectivity index (χ4v) is 3.73. The molecule has 0 aliphatic carbocycles. The third-order valence-corrected chi connectivity index (χ3v) is 5.45. The SMILES string of the molecule is COc1cccc(NC(=O)CSc2nnc(NC(=O)c3ccc(F)cc3F)s2)c1. The highest BCUT2D eigenvalue weighted by molar-refractivity contribution is 8.01. The van der Waals surface area contributed by atoms with E-state index in [9.17, 15) is 18.4 Å². The van der Waals surface area contributed by atoms with Crippen LogP contribution in [0.4, 0.5) is 19.6 Å². The summed E-state index contributed by atoms with van der Waals surface area (Å²) in [6.45, 7) is 0. The van der Waals surface area contributed by atoms with Gasteiger partial charge >= 0.3 is 0 Å². The zero-order chi connectivity index (χ0) is 20.8. The summed E-state index contributed by atoms with van der Waals surface area (Å²) in [4.78, 5) is 24.1. The van der Waals surface area contributed by atoms with Crippen molar-refractivity contribution in [1.29, 1.82) is 0 Å². The molecule has 1 heterocycles. The third kappa shape index (κ3) is 5.72. The molecule has 0 saturated heterocycles. The maximum atomic E-state index is 13.7. The number of aromatic nitrogens is 2. The lowest BCUT2D eigenvalue weighted by molar-refractivity contribution is -0.113. The van der Waals surface area contributed by atoms with Gasteiger partial charge in [0.05, 0.1) is 18.4 Å². The first-order valence-electron chi connectivity index (χ1n) is 8.11. The Bertz CT molecular complexity index is 1050. The lowest BCUT2D eigenvalue weighted by Crippen LogP contribution is -2.13. The monoisotopic (exact) mass is 436 g/mol. The van der Waals surface area contributed by atoms with E-state index in [4.69, 9.17) is 4.74 Å². The molecule has 2 aromatic carbocycles. The number of halogens is 2. The summed E-state index contributed by atoms with van der Waals surface area (Å²) in [5, 5.41) is 12.9. The number of hydrogen-bond acceptors (Lipinski definition) is 7. The second-order valence-electron chi connectivity index (χ2n) is 5.52. The summed E-state index contributed by atoms with van der Waals surface area (Å²) in [6.07, 6.45) is 0. The number of carbonyl (C=O) groups excluding carboxylic acids is 2. The minimum atomic E-state index is -0.976. The standard InChI is InChI=1S/C18H14F2N4O3S2/c1-27-12-4-2-3-11(8-12)21-15(25)9-28-18-24-23-17(29-18)22-16(26)13-6-5-10(19)7-14(13)20/h2-8H,9H2,1H3,(H,21,25)(H,22,23,26). The Morgan fingerprint density at radius 1 is 1.14 bits per heavy atom. The molecule has 2 amide bonds. The maximum absolute atomic E-state index is 13.7. The first-order valence-corrected chi connectivity index (χ1v) is 9.91. The van der Waals surface area contributed by atoms with E-state index in [-0.39, 0.29) is 22.4 Å². The number of nitrogens with zero attached hydrogens (tertiary/aromatic N) is 2. The van der Waals surface area contributed by atoms with Gasteiger partial charge in [-0.1, -0.05) is 29.2 Å². The molecule has 3 aromatic rings. The zero-order valence-electron chi connectivity index (χ0n) is 14.9. The summed E-state index contributed by atoms with van der Waals surface area (Å²) >= 11 is 2.16. The van der Waals surface area contributed by atoms with E-state index < -0.39 is 17.5 Å². The van der Waals surface area contributed by atoms with Gasteiger partial charge in [-0.05, 0) is 24.3 Å². The van der Waals surface area contributed by atoms with Crippen molar-refractivity contribution < 1.29 is 23.1 Å². The molecule has 0 saturated carbocycles. The highest BCUT2D eigenvalue weighted by Gasteiger charge is 2.15. The van der Waals surface area contributed by atoms with Crippen LogP contribution in [0.3, 0.4) is 0 Å². The van der Waals surface area contributed by atoms with Crippen molar-refractivity contribution in [2.75, 3.05) is 23.5 Å². The van der Waals surface area contributed by atoms with Crippen molar-refractivity contribution >= 4 is 45.7 Å². The minimum absolute atomic E-state index is 0.0758. The van der Waals surface area contributed by atoms with Gasteiger partial charge in [0, 0.05) is 17.8 Å². The number of thioether (sulfide) groups is 1. The van der Waals surface area contributed by atoms with Crippen LogP contribution >= 0.6 is 23.1 Å². The van der Waals surface area contributed by atoms with Crippen LogP contribution in [-0.2, 0) is 4.79 Å². The molecular formula is C18H14F2N4O3S2. The molecule has 0 fully saturated rings. The Hall–Kier alpha value is -3.05. The number of amides is 2. The van der Waals surface area contributed by atoms with E-state index in [2.05, 4.69) is 20.8 Å². The molecular weight excluding hydrogens is 422 g/mol. The predicted octanol–water partition coefficient (Wildman–Crippen LogP) is 3.81. The number of nitrogens with one attached hydrogen (secondary N) is 2. The number of hydrogen-bond donors (Lipinski definition) is 2. The number of benzene rings is 2. The second kappa shape index (κ2) is 9.43. The predicted molar refractivity (Wildman–Crippen MR) is 107 cm³/mol. The molecule has 0 aliphatic heterocycles. The van der Waals surface area contributed by atoms with E-state index in [1.54, 1.807) is 24.3 Å². The average Bonchev–Trinajstić information content (AvgIpc) is 3.13. The second-order valence-corrected chi connectivity index (χ2v) is 7.72. The molecule has 0 bridgehead atoms. The van der Waals surface area contributed by atoms with Gasteiger partial charge in [0.15, 0.2) is 4.34 Å². The van der Waals surface area contributed by atoms with E-state index in [0.29, 0.717) is 21.8 Å². The first-order chi connectivity index (χ1) is 13.9. The van der Waals surface area contributed by atoms with Gasteiger partial charge in [-0.2, -0.15) is 0 Å². The molecule has 150 valence electrons. The van der Waals surface area contributed by atoms with Crippen molar-refractivity contribution in [1.82, 2.24) is 10.2 Å². The van der Waals surface area contributed by atoms with Gasteiger partial charge in [-0.25, -0.2) is 8.78 Å². The lowest BCUT2D eigenvalue weighted by atomic mass is 10.2. The molecule has 0 atom stereocenters. The molecule has 7 nitrogen and oxygen atoms in total. The van der Waals surface area contributed by atoms with Crippen LogP contribution in [0.1, 0.15) is 10.4 Å². The lowest BCUT2D eigenvalue weighted by Gasteiger charge is -2.06. The Morgan fingerprint density at radius 3 is 2.72 bits per heavy atom. The van der Waals surface area contributed by atoms with Crippen LogP contribution in [0.5, 0.6) is 5.75 Å². The fraction of sp³-hybridized carbons (Fsp3) is 0.111. The average molecular weight is 436 g/mol. The van der Waals surface area contributed by atoms with Crippen molar-refractivity contribution in [3.05, 3.63) is 59.7 Å². The minimum Gasteiger partial charge on any atom is -0.497 e. The molecule has 0 aliphatic rings. The van der Waals surface area contributed by atoms with Crippen LogP contribution in [-0.4, -0.2) is 34.9 Å². The summed E-state index contributed by atoms with van der Waals surface area (Å²) in [5.41, 5.74) is 0.287. The molecule has 29 heavy (non-hydrogen) atoms. The largest absolute Gasteiger partial charge is 0.497 e. The van der Waals surface area contributed by atoms with Crippen LogP contribution in [0.2, 0.25) is 0 Å². The molecule has 0 radical (unpaired) electrons. The van der Waals surface area contributed by atoms with Crippen molar-refractivity contribution in [3.8, 4) is 5.75 Å². The van der Waals surface area contributed by atoms with Gasteiger partial charge in [0.2, 0.25) is 11.0 Å². The van der Waals surface area contributed by atoms with Crippen LogP contribution in [0.25, 0.3) is 0 Å². The Balaban J connectivity index is 1.53. The molecule has 3 rings (SSSR count). The maximum Gasteiger partial charge on any atom is 0.260 e. The highest BCUT2D eigenvalue weighted by atomic mass is 32.2. The number of carbonyl (C=O) groups is 2. The van der Waals surface area contributed by atoms with Gasteiger partial charge in [0.25, 0.3) is 5.91 Å². The van der Waals surface area contributed by atoms with Crippen molar-refractivity contribution in [2.24, 2.45) is 0 Å². The molecule has 0 spiro atoms. The van der Waals surface area contributed by atoms with E-state index in [0.717, 1.165) is 35.2 Å². The summed E-state index contributed by atoms with van der Waals surface area (Å²) in [7, 11) is 1.53. The molecule has 0 unspecified atom stereocenters. The first kappa shape index (κ1) is 20.7. The summed E-state index contributed by atoms with van der Waals surface area (Å²) < 4.78 is 32.1. The number of ether oxygens (including phenoxy) is 1. The van der Waals surface area contributed by atoms with Gasteiger partial charge in [-0.3, -0.25) is 14.9 Å². The quantitative estimate of drug-likeness (QED) is 0.432. The molecule has 11 heteroatoms. The Kier molecular flexibility index (Phi) is 6.73. The molecule has 1 aromatic heterocycles. The van der Waals surface area contributed by atoms with E-state index in [1.165, 1.54) is 7.11 Å². The van der Waals surface area contributed by atoms with E-state index >= 15 is 0 Å². The van der Waals surface area contributed by atoms with Crippen LogP contribution in [0, 0.1) is 11.6 Å². The third-order valence-electron chi connectivity index (χ3n) is 3.48.